The van der Waals surface area contributed by atoms with Crippen LogP contribution in [0.5, 0.6) is 11.5 Å². The lowest BCUT2D eigenvalue weighted by atomic mass is 10.2. The van der Waals surface area contributed by atoms with Crippen LogP contribution >= 0.6 is 0 Å². The zero-order valence-corrected chi connectivity index (χ0v) is 19.1. The minimum Gasteiger partial charge on any atom is -0.495 e. The van der Waals surface area contributed by atoms with Crippen molar-refractivity contribution in [3.8, 4) is 11.5 Å². The molecule has 0 aliphatic rings. The second-order valence-corrected chi connectivity index (χ2v) is 9.26. The molecule has 164 valence electrons. The van der Waals surface area contributed by atoms with Gasteiger partial charge in [0.15, 0.2) is 0 Å². The molecule has 2 rings (SSSR count). The minimum atomic E-state index is -3.75. The number of hydrogen-bond acceptors (Lipinski definition) is 5. The quantitative estimate of drug-likeness (QED) is 0.656. The molecule has 7 nitrogen and oxygen atoms in total. The van der Waals surface area contributed by atoms with Crippen molar-refractivity contribution < 1.29 is 22.7 Å². The van der Waals surface area contributed by atoms with E-state index in [1.807, 2.05) is 44.2 Å². The van der Waals surface area contributed by atoms with Gasteiger partial charge in [0, 0.05) is 0 Å². The molecule has 0 saturated heterocycles. The molecule has 0 aromatic heterocycles. The lowest BCUT2D eigenvalue weighted by Gasteiger charge is -2.30. The number of para-hydroxylation sites is 1. The van der Waals surface area contributed by atoms with Gasteiger partial charge in [-0.25, -0.2) is 8.42 Å². The SMILES string of the molecule is COc1ccc(C)cc1N([C@@H](C)C(=O)N[C@H](C)COc1ccccc1C)S(C)(=O)=O. The predicted octanol–water partition coefficient (Wildman–Crippen LogP) is 3.05. The van der Waals surface area contributed by atoms with Crippen LogP contribution in [0.3, 0.4) is 0 Å². The van der Waals surface area contributed by atoms with Crippen molar-refractivity contribution in [2.75, 3.05) is 24.3 Å². The lowest BCUT2D eigenvalue weighted by molar-refractivity contribution is -0.122. The fraction of sp³-hybridized carbons (Fsp3) is 0.409. The summed E-state index contributed by atoms with van der Waals surface area (Å²) < 4.78 is 37.3. The number of carbonyl (C=O) groups is 1. The van der Waals surface area contributed by atoms with Gasteiger partial charge in [-0.15, -0.1) is 0 Å². The van der Waals surface area contributed by atoms with Crippen molar-refractivity contribution in [3.63, 3.8) is 0 Å². The molecular weight excluding hydrogens is 404 g/mol. The number of sulfonamides is 1. The number of aryl methyl sites for hydroxylation is 2. The fourth-order valence-electron chi connectivity index (χ4n) is 3.09. The van der Waals surface area contributed by atoms with E-state index in [4.69, 9.17) is 9.47 Å². The Bertz CT molecular complexity index is 991. The van der Waals surface area contributed by atoms with E-state index in [1.165, 1.54) is 7.11 Å². The number of methoxy groups -OCH3 is 1. The molecule has 0 aliphatic carbocycles. The van der Waals surface area contributed by atoms with Crippen LogP contribution in [0.4, 0.5) is 5.69 Å². The van der Waals surface area contributed by atoms with Gasteiger partial charge < -0.3 is 14.8 Å². The molecule has 1 N–H and O–H groups in total. The standard InChI is InChI=1S/C22H30N2O5S/c1-15-11-12-21(28-5)19(13-15)24(30(6,26)27)18(4)22(25)23-17(3)14-29-20-10-8-7-9-16(20)2/h7-13,17-18H,14H2,1-6H3,(H,23,25)/t17-,18+/m1/s1. The molecule has 0 spiro atoms. The Morgan fingerprint density at radius 3 is 2.37 bits per heavy atom. The number of nitrogens with one attached hydrogen (secondary N) is 1. The Kier molecular flexibility index (Phi) is 7.72. The van der Waals surface area contributed by atoms with E-state index >= 15 is 0 Å². The van der Waals surface area contributed by atoms with Crippen LogP contribution in [0, 0.1) is 13.8 Å². The van der Waals surface area contributed by atoms with Crippen LogP contribution in [0.15, 0.2) is 42.5 Å². The van der Waals surface area contributed by atoms with Crippen molar-refractivity contribution in [3.05, 3.63) is 53.6 Å². The average molecular weight is 435 g/mol. The summed E-state index contributed by atoms with van der Waals surface area (Å²) in [6.45, 7) is 7.41. The molecule has 0 radical (unpaired) electrons. The molecule has 0 bridgehead atoms. The van der Waals surface area contributed by atoms with E-state index in [-0.39, 0.29) is 12.6 Å². The summed E-state index contributed by atoms with van der Waals surface area (Å²) in [5.41, 5.74) is 2.18. The molecule has 0 saturated carbocycles. The maximum atomic E-state index is 12.9. The van der Waals surface area contributed by atoms with Crippen LogP contribution in [-0.4, -0.2) is 46.4 Å². The number of rotatable bonds is 9. The number of anilines is 1. The maximum Gasteiger partial charge on any atom is 0.243 e. The molecule has 0 heterocycles. The van der Waals surface area contributed by atoms with E-state index in [0.29, 0.717) is 11.4 Å². The first-order valence-corrected chi connectivity index (χ1v) is 11.5. The van der Waals surface area contributed by atoms with Crippen LogP contribution in [-0.2, 0) is 14.8 Å². The zero-order chi connectivity index (χ0) is 22.5. The van der Waals surface area contributed by atoms with E-state index < -0.39 is 22.0 Å². The third kappa shape index (κ3) is 5.89. The van der Waals surface area contributed by atoms with Crippen molar-refractivity contribution >= 4 is 21.6 Å². The largest absolute Gasteiger partial charge is 0.495 e. The molecule has 0 unspecified atom stereocenters. The third-order valence-corrected chi connectivity index (χ3v) is 5.86. The van der Waals surface area contributed by atoms with Gasteiger partial charge in [0.25, 0.3) is 0 Å². The monoisotopic (exact) mass is 434 g/mol. The normalized spacial score (nSPS) is 13.3. The Morgan fingerprint density at radius 2 is 1.77 bits per heavy atom. The van der Waals surface area contributed by atoms with Crippen LogP contribution in [0.1, 0.15) is 25.0 Å². The second-order valence-electron chi connectivity index (χ2n) is 7.40. The van der Waals surface area contributed by atoms with Gasteiger partial charge >= 0.3 is 0 Å². The summed E-state index contributed by atoms with van der Waals surface area (Å²) in [5, 5.41) is 2.83. The molecule has 0 aliphatic heterocycles. The van der Waals surface area contributed by atoms with Gasteiger partial charge in [0.05, 0.1) is 25.1 Å². The van der Waals surface area contributed by atoms with Crippen molar-refractivity contribution in [1.82, 2.24) is 5.32 Å². The number of nitrogens with zero attached hydrogens (tertiary/aromatic N) is 1. The van der Waals surface area contributed by atoms with Gasteiger partial charge in [-0.1, -0.05) is 24.3 Å². The number of hydrogen-bond donors (Lipinski definition) is 1. The highest BCUT2D eigenvalue weighted by atomic mass is 32.2. The van der Waals surface area contributed by atoms with Crippen molar-refractivity contribution in [2.24, 2.45) is 0 Å². The Balaban J connectivity index is 2.16. The summed E-state index contributed by atoms with van der Waals surface area (Å²) in [6, 6.07) is 11.5. The van der Waals surface area contributed by atoms with E-state index in [1.54, 1.807) is 26.0 Å². The van der Waals surface area contributed by atoms with Crippen LogP contribution in [0.25, 0.3) is 0 Å². The number of benzene rings is 2. The van der Waals surface area contributed by atoms with E-state index in [0.717, 1.165) is 27.4 Å². The van der Waals surface area contributed by atoms with Gasteiger partial charge in [-0.2, -0.15) is 0 Å². The number of carbonyl (C=O) groups excluding carboxylic acids is 1. The summed E-state index contributed by atoms with van der Waals surface area (Å²) >= 11 is 0. The molecule has 1 amide bonds. The fourth-order valence-corrected chi connectivity index (χ4v) is 4.26. The Labute approximate surface area is 179 Å². The van der Waals surface area contributed by atoms with Gasteiger partial charge in [0.1, 0.15) is 24.1 Å². The lowest BCUT2D eigenvalue weighted by Crippen LogP contribution is -2.51. The first kappa shape index (κ1) is 23.5. The van der Waals surface area contributed by atoms with Gasteiger partial charge in [-0.05, 0) is 57.0 Å². The number of ether oxygens (including phenoxy) is 2. The predicted molar refractivity (Wildman–Crippen MR) is 119 cm³/mol. The van der Waals surface area contributed by atoms with Crippen LogP contribution in [0.2, 0.25) is 0 Å². The first-order chi connectivity index (χ1) is 14.0. The highest BCUT2D eigenvalue weighted by Crippen LogP contribution is 2.32. The molecule has 2 aromatic carbocycles. The third-order valence-electron chi connectivity index (χ3n) is 4.63. The Morgan fingerprint density at radius 1 is 1.10 bits per heavy atom. The molecule has 0 fully saturated rings. The Hall–Kier alpha value is -2.74. The summed E-state index contributed by atoms with van der Waals surface area (Å²) in [4.78, 5) is 12.9. The second kappa shape index (κ2) is 9.84. The van der Waals surface area contributed by atoms with E-state index in [9.17, 15) is 13.2 Å². The van der Waals surface area contributed by atoms with E-state index in [2.05, 4.69) is 5.32 Å². The van der Waals surface area contributed by atoms with Crippen molar-refractivity contribution in [2.45, 2.75) is 39.8 Å². The van der Waals surface area contributed by atoms with Crippen molar-refractivity contribution in [1.29, 1.82) is 0 Å². The molecule has 2 atom stereocenters. The topological polar surface area (TPSA) is 84.9 Å². The van der Waals surface area contributed by atoms with Crippen LogP contribution < -0.4 is 19.1 Å². The van der Waals surface area contributed by atoms with Gasteiger partial charge in [0.2, 0.25) is 15.9 Å². The minimum absolute atomic E-state index is 0.260. The first-order valence-electron chi connectivity index (χ1n) is 9.67. The summed E-state index contributed by atoms with van der Waals surface area (Å²) in [6.07, 6.45) is 1.07. The molecular formula is C22H30N2O5S. The molecule has 30 heavy (non-hydrogen) atoms. The highest BCUT2D eigenvalue weighted by molar-refractivity contribution is 7.92. The zero-order valence-electron chi connectivity index (χ0n) is 18.3. The number of amides is 1. The van der Waals surface area contributed by atoms with Gasteiger partial charge in [-0.3, -0.25) is 9.10 Å². The molecule has 8 heteroatoms. The summed E-state index contributed by atoms with van der Waals surface area (Å²) in [7, 11) is -2.28. The average Bonchev–Trinajstić information content (AvgIpc) is 2.66. The smallest absolute Gasteiger partial charge is 0.243 e. The molecule has 2 aromatic rings. The maximum absolute atomic E-state index is 12.9. The summed E-state index contributed by atoms with van der Waals surface area (Å²) in [5.74, 6) is 0.695. The highest BCUT2D eigenvalue weighted by Gasteiger charge is 2.32.